The monoisotopic (exact) mass is 684 g/mol. The normalized spacial score (nSPS) is 11.1. The Morgan fingerprint density at radius 1 is 0.694 bits per heavy atom. The van der Waals surface area contributed by atoms with Gasteiger partial charge in [0, 0.05) is 12.5 Å². The molecule has 0 unspecified atom stereocenters. The van der Waals surface area contributed by atoms with Gasteiger partial charge in [0.05, 0.1) is 24.4 Å². The molecule has 0 amide bonds. The molecular weight excluding hydrogens is 641 g/mol. The van der Waals surface area contributed by atoms with Crippen molar-refractivity contribution in [1.29, 1.82) is 0 Å². The molecule has 0 atom stereocenters. The molecule has 0 heterocycles. The zero-order valence-corrected chi connectivity index (χ0v) is 27.7. The third kappa shape index (κ3) is 13.1. The molecule has 0 aliphatic carbocycles. The Morgan fingerprint density at radius 3 is 1.76 bits per heavy atom. The Kier molecular flexibility index (Phi) is 15.4. The zero-order valence-electron chi connectivity index (χ0n) is 27.7. The largest absolute Gasteiger partial charge is 0.490 e. The van der Waals surface area contributed by atoms with Crippen molar-refractivity contribution in [2.45, 2.75) is 51.6 Å². The summed E-state index contributed by atoms with van der Waals surface area (Å²) < 4.78 is 59.0. The van der Waals surface area contributed by atoms with E-state index in [1.807, 2.05) is 55.5 Å². The summed E-state index contributed by atoms with van der Waals surface area (Å²) in [6.07, 6.45) is -2.03. The van der Waals surface area contributed by atoms with Crippen LogP contribution in [-0.4, -0.2) is 68.0 Å². The van der Waals surface area contributed by atoms with Crippen LogP contribution in [0.2, 0.25) is 0 Å². The first kappa shape index (κ1) is 38.8. The maximum absolute atomic E-state index is 12.4. The number of rotatable bonds is 20. The van der Waals surface area contributed by atoms with Crippen LogP contribution in [0, 0.1) is 0 Å². The molecule has 0 saturated carbocycles. The quantitative estimate of drug-likeness (QED) is 0.0731. The first-order valence-electron chi connectivity index (χ1n) is 16.1. The number of esters is 2. The van der Waals surface area contributed by atoms with E-state index in [9.17, 15) is 22.8 Å². The molecule has 0 fully saturated rings. The lowest BCUT2D eigenvalue weighted by Crippen LogP contribution is -2.15. The third-order valence-electron chi connectivity index (χ3n) is 7.52. The van der Waals surface area contributed by atoms with Gasteiger partial charge in [0.15, 0.2) is 0 Å². The van der Waals surface area contributed by atoms with Crippen LogP contribution >= 0.6 is 0 Å². The van der Waals surface area contributed by atoms with E-state index in [0.29, 0.717) is 24.3 Å². The van der Waals surface area contributed by atoms with Crippen LogP contribution in [0.1, 0.15) is 43.7 Å². The lowest BCUT2D eigenvalue weighted by atomic mass is 9.93. The molecule has 2 N–H and O–H groups in total. The first-order valence-corrected chi connectivity index (χ1v) is 16.1. The van der Waals surface area contributed by atoms with E-state index in [-0.39, 0.29) is 44.0 Å². The highest BCUT2D eigenvalue weighted by Gasteiger charge is 2.25. The van der Waals surface area contributed by atoms with Gasteiger partial charge >= 0.3 is 18.1 Å². The lowest BCUT2D eigenvalue weighted by Gasteiger charge is -2.16. The van der Waals surface area contributed by atoms with Crippen molar-refractivity contribution in [2.75, 3.05) is 39.6 Å². The number of alkyl halides is 3. The number of aryl methyl sites for hydroxylation is 2. The van der Waals surface area contributed by atoms with E-state index in [4.69, 9.17) is 29.2 Å². The van der Waals surface area contributed by atoms with Gasteiger partial charge in [-0.25, -0.2) is 9.59 Å². The average molecular weight is 685 g/mol. The van der Waals surface area contributed by atoms with Crippen molar-refractivity contribution < 1.29 is 51.9 Å². The number of ether oxygens (including phenoxy) is 4. The van der Waals surface area contributed by atoms with Gasteiger partial charge in [-0.3, -0.25) is 0 Å². The summed E-state index contributed by atoms with van der Waals surface area (Å²) in [7, 11) is 0. The molecule has 0 aliphatic rings. The zero-order chi connectivity index (χ0) is 35.8. The number of unbranched alkanes of at least 4 members (excludes halogenated alkanes) is 2. The molecule has 0 radical (unpaired) electrons. The molecule has 264 valence electrons. The number of aliphatic hydroxyl groups excluding tert-OH is 2. The second-order valence-corrected chi connectivity index (χ2v) is 11.3. The standard InChI is InChI=1S/C38H43F3O8/c1-4-29-20-31(30-11-9-28(10-12-30)8-6-5-7-15-38(39,40)41)13-14-35(29)32-21-33(46-16-18-48-36(44)26(2)24-42)23-34(22-32)47-17-19-49-37(45)27(3)25-43/h9-14,20-23,42-43H,2-8,15-19,24-25H2,1H3. The van der Waals surface area contributed by atoms with Crippen LogP contribution in [0.15, 0.2) is 85.0 Å². The van der Waals surface area contributed by atoms with Gasteiger partial charge in [-0.2, -0.15) is 13.2 Å². The van der Waals surface area contributed by atoms with Crippen molar-refractivity contribution in [3.63, 3.8) is 0 Å². The summed E-state index contributed by atoms with van der Waals surface area (Å²) in [5, 5.41) is 18.1. The summed E-state index contributed by atoms with van der Waals surface area (Å²) in [5.41, 5.74) is 5.77. The minimum atomic E-state index is -4.10. The van der Waals surface area contributed by atoms with Crippen LogP contribution in [0.4, 0.5) is 13.2 Å². The summed E-state index contributed by atoms with van der Waals surface area (Å²) in [4.78, 5) is 23.6. The number of aliphatic hydroxyl groups is 2. The van der Waals surface area contributed by atoms with E-state index < -0.39 is 37.7 Å². The number of hydrogen-bond donors (Lipinski definition) is 2. The molecule has 3 rings (SSSR count). The lowest BCUT2D eigenvalue weighted by molar-refractivity contribution is -0.141. The summed E-state index contributed by atoms with van der Waals surface area (Å²) in [6.45, 7) is 7.81. The van der Waals surface area contributed by atoms with E-state index in [1.165, 1.54) is 0 Å². The predicted octanol–water partition coefficient (Wildman–Crippen LogP) is 7.19. The molecular formula is C38H43F3O8. The molecule has 3 aromatic carbocycles. The fourth-order valence-electron chi connectivity index (χ4n) is 4.86. The van der Waals surface area contributed by atoms with Crippen LogP contribution in [-0.2, 0) is 31.9 Å². The van der Waals surface area contributed by atoms with Crippen molar-refractivity contribution in [2.24, 2.45) is 0 Å². The topological polar surface area (TPSA) is 112 Å². The number of benzene rings is 3. The van der Waals surface area contributed by atoms with E-state index in [2.05, 4.69) is 19.2 Å². The van der Waals surface area contributed by atoms with Crippen LogP contribution < -0.4 is 9.47 Å². The Labute approximate surface area is 284 Å². The van der Waals surface area contributed by atoms with Crippen molar-refractivity contribution in [3.8, 4) is 33.8 Å². The minimum Gasteiger partial charge on any atom is -0.490 e. The average Bonchev–Trinajstić information content (AvgIpc) is 3.10. The minimum absolute atomic E-state index is 0.0252. The van der Waals surface area contributed by atoms with Gasteiger partial charge < -0.3 is 29.2 Å². The number of halogens is 3. The fourth-order valence-corrected chi connectivity index (χ4v) is 4.86. The van der Waals surface area contributed by atoms with E-state index in [1.54, 1.807) is 6.07 Å². The Hall–Kier alpha value is -4.61. The van der Waals surface area contributed by atoms with Gasteiger partial charge in [0.2, 0.25) is 0 Å². The molecule has 11 heteroatoms. The molecule has 3 aromatic rings. The highest BCUT2D eigenvalue weighted by Crippen LogP contribution is 2.35. The summed E-state index contributed by atoms with van der Waals surface area (Å²) in [5.74, 6) is -0.556. The van der Waals surface area contributed by atoms with Crippen molar-refractivity contribution in [3.05, 3.63) is 96.1 Å². The molecule has 49 heavy (non-hydrogen) atoms. The van der Waals surface area contributed by atoms with E-state index >= 15 is 0 Å². The second-order valence-electron chi connectivity index (χ2n) is 11.3. The van der Waals surface area contributed by atoms with Crippen LogP contribution in [0.25, 0.3) is 22.3 Å². The number of carbonyl (C=O) groups excluding carboxylic acids is 2. The maximum Gasteiger partial charge on any atom is 0.389 e. The fraction of sp³-hybridized carbons (Fsp3) is 0.368. The van der Waals surface area contributed by atoms with Crippen molar-refractivity contribution >= 4 is 11.9 Å². The second kappa shape index (κ2) is 19.4. The van der Waals surface area contributed by atoms with E-state index in [0.717, 1.165) is 46.2 Å². The highest BCUT2D eigenvalue weighted by molar-refractivity contribution is 5.88. The Balaban J connectivity index is 1.75. The van der Waals surface area contributed by atoms with Crippen molar-refractivity contribution in [1.82, 2.24) is 0 Å². The van der Waals surface area contributed by atoms with Gasteiger partial charge in [0.1, 0.15) is 37.9 Å². The van der Waals surface area contributed by atoms with Crippen LogP contribution in [0.5, 0.6) is 11.5 Å². The predicted molar refractivity (Wildman–Crippen MR) is 180 cm³/mol. The van der Waals surface area contributed by atoms with Gasteiger partial charge in [0.25, 0.3) is 0 Å². The Bertz CT molecular complexity index is 1510. The van der Waals surface area contributed by atoms with Gasteiger partial charge in [-0.15, -0.1) is 0 Å². The molecule has 0 aromatic heterocycles. The summed E-state index contributed by atoms with van der Waals surface area (Å²) in [6, 6.07) is 19.5. The molecule has 0 saturated heterocycles. The maximum atomic E-state index is 12.4. The molecule has 0 bridgehead atoms. The van der Waals surface area contributed by atoms with Gasteiger partial charge in [-0.1, -0.05) is 69.0 Å². The third-order valence-corrected chi connectivity index (χ3v) is 7.52. The smallest absolute Gasteiger partial charge is 0.389 e. The van der Waals surface area contributed by atoms with Crippen LogP contribution in [0.3, 0.4) is 0 Å². The Morgan fingerprint density at radius 2 is 1.24 bits per heavy atom. The number of hydrogen-bond acceptors (Lipinski definition) is 8. The summed E-state index contributed by atoms with van der Waals surface area (Å²) >= 11 is 0. The number of carbonyl (C=O) groups is 2. The van der Waals surface area contributed by atoms with Gasteiger partial charge in [-0.05, 0) is 71.2 Å². The first-order chi connectivity index (χ1) is 23.4. The SMILES string of the molecule is C=C(CO)C(=O)OCCOc1cc(OCCOC(=O)C(=C)CO)cc(-c2ccc(-c3ccc(CCCCCC(F)(F)F)cc3)cc2CC)c1. The highest BCUT2D eigenvalue weighted by atomic mass is 19.4. The molecule has 0 spiro atoms. The molecule has 8 nitrogen and oxygen atoms in total. The molecule has 0 aliphatic heterocycles.